The topological polar surface area (TPSA) is 90.1 Å². The van der Waals surface area contributed by atoms with Crippen molar-refractivity contribution in [2.24, 2.45) is 5.73 Å². The number of urea groups is 1. The summed E-state index contributed by atoms with van der Waals surface area (Å²) >= 11 is 5.93. The summed E-state index contributed by atoms with van der Waals surface area (Å²) in [4.78, 5) is 21.3. The number of methoxy groups -OCH3 is 1. The van der Waals surface area contributed by atoms with E-state index in [2.05, 4.69) is 22.2 Å². The number of amides is 2. The summed E-state index contributed by atoms with van der Waals surface area (Å²) in [5, 5.41) is 3.71. The zero-order valence-corrected chi connectivity index (χ0v) is 19.0. The highest BCUT2D eigenvalue weighted by Crippen LogP contribution is 2.43. The maximum atomic E-state index is 14.5. The van der Waals surface area contributed by atoms with Crippen molar-refractivity contribution in [1.29, 1.82) is 0 Å². The Hall–Kier alpha value is -2.97. The Morgan fingerprint density at radius 2 is 2.16 bits per heavy atom. The molecule has 7 nitrogen and oxygen atoms in total. The molecule has 1 fully saturated rings. The zero-order chi connectivity index (χ0) is 23.0. The van der Waals surface area contributed by atoms with E-state index >= 15 is 0 Å². The lowest BCUT2D eigenvalue weighted by Gasteiger charge is -2.40. The van der Waals surface area contributed by atoms with Gasteiger partial charge in [0.1, 0.15) is 23.9 Å². The van der Waals surface area contributed by atoms with Gasteiger partial charge in [-0.05, 0) is 32.0 Å². The Bertz CT molecular complexity index is 1190. The molecule has 2 amide bonds. The normalized spacial score (nSPS) is 21.5. The predicted octanol–water partition coefficient (Wildman–Crippen LogP) is 5.31. The summed E-state index contributed by atoms with van der Waals surface area (Å²) in [6.45, 7) is 4.71. The molecule has 2 aromatic carbocycles. The number of rotatable bonds is 5. The van der Waals surface area contributed by atoms with Crippen LogP contribution in [0.4, 0.5) is 20.7 Å². The van der Waals surface area contributed by atoms with Crippen LogP contribution in [0.15, 0.2) is 36.7 Å². The van der Waals surface area contributed by atoms with Crippen LogP contribution in [0.1, 0.15) is 38.3 Å². The van der Waals surface area contributed by atoms with Gasteiger partial charge in [-0.15, -0.1) is 0 Å². The van der Waals surface area contributed by atoms with Crippen LogP contribution < -0.4 is 15.8 Å². The van der Waals surface area contributed by atoms with Crippen LogP contribution in [0.2, 0.25) is 5.02 Å². The Morgan fingerprint density at radius 1 is 1.38 bits per heavy atom. The van der Waals surface area contributed by atoms with Crippen molar-refractivity contribution in [1.82, 2.24) is 9.97 Å². The van der Waals surface area contributed by atoms with Crippen molar-refractivity contribution in [3.05, 3.63) is 53.1 Å². The van der Waals surface area contributed by atoms with Crippen LogP contribution in [0.25, 0.3) is 10.9 Å². The van der Waals surface area contributed by atoms with Gasteiger partial charge in [0.05, 0.1) is 41.5 Å². The van der Waals surface area contributed by atoms with Crippen molar-refractivity contribution < 1.29 is 18.4 Å². The van der Waals surface area contributed by atoms with Crippen LogP contribution in [0.5, 0.6) is 5.75 Å². The molecule has 0 radical (unpaired) electrons. The maximum absolute atomic E-state index is 14.5. The van der Waals surface area contributed by atoms with Gasteiger partial charge in [-0.25, -0.2) is 23.6 Å². The molecule has 3 atom stereocenters. The molecule has 3 N–H and O–H groups in total. The predicted molar refractivity (Wildman–Crippen MR) is 123 cm³/mol. The highest BCUT2D eigenvalue weighted by Gasteiger charge is 2.50. The highest BCUT2D eigenvalue weighted by atomic mass is 35.5. The lowest BCUT2D eigenvalue weighted by Crippen LogP contribution is -2.58. The van der Waals surface area contributed by atoms with E-state index in [-0.39, 0.29) is 33.3 Å². The fourth-order valence-corrected chi connectivity index (χ4v) is 5.05. The first kappa shape index (κ1) is 22.2. The lowest BCUT2D eigenvalue weighted by atomic mass is 9.99. The van der Waals surface area contributed by atoms with E-state index < -0.39 is 5.82 Å². The fourth-order valence-electron chi connectivity index (χ4n) is 4.87. The van der Waals surface area contributed by atoms with Gasteiger partial charge in [-0.3, -0.25) is 0 Å². The molecular weight excluding hydrogens is 433 g/mol. The van der Waals surface area contributed by atoms with E-state index in [1.54, 1.807) is 25.3 Å². The molecule has 4 rings (SSSR count). The van der Waals surface area contributed by atoms with Crippen molar-refractivity contribution in [2.45, 2.75) is 38.8 Å². The minimum absolute atomic E-state index is 0.0141. The third-order valence-corrected chi connectivity index (χ3v) is 6.97. The second-order valence-electron chi connectivity index (χ2n) is 8.22. The van der Waals surface area contributed by atoms with E-state index in [1.807, 2.05) is 13.0 Å². The van der Waals surface area contributed by atoms with Gasteiger partial charge in [0.25, 0.3) is 0 Å². The molecule has 0 aliphatic carbocycles. The first-order chi connectivity index (χ1) is 15.3. The summed E-state index contributed by atoms with van der Waals surface area (Å²) in [5.74, 6) is 0.473. The average Bonchev–Trinajstić information content (AvgIpc) is 3.18. The standard InChI is InChI=1S/C23H25ClFN5O2/c1-13-6-5-9-30(13,23(26)31)14(2)15-10-16-19(11-20(15)32-3)27-12-28-22(16)29-18-8-4-7-17(24)21(18)25/h4,7-8,10-14H,5-6,9H2,1-3H3,(H2-,26,27,28,29,31)/p+1/t13-,14?,30?/m1/s1. The number of carbonyl (C=O) groups is 1. The maximum Gasteiger partial charge on any atom is 0.414 e. The van der Waals surface area contributed by atoms with E-state index in [0.29, 0.717) is 29.0 Å². The molecule has 1 aromatic heterocycles. The minimum Gasteiger partial charge on any atom is -0.496 e. The molecule has 0 saturated carbocycles. The largest absolute Gasteiger partial charge is 0.496 e. The summed E-state index contributed by atoms with van der Waals surface area (Å²) in [7, 11) is 1.58. The number of likely N-dealkylation sites (tertiary alicyclic amines) is 1. The van der Waals surface area contributed by atoms with Gasteiger partial charge in [0.15, 0.2) is 5.82 Å². The second kappa shape index (κ2) is 8.52. The van der Waals surface area contributed by atoms with Crippen molar-refractivity contribution in [2.75, 3.05) is 19.0 Å². The van der Waals surface area contributed by atoms with E-state index in [1.165, 1.54) is 12.4 Å². The molecule has 1 aliphatic rings. The quantitative estimate of drug-likeness (QED) is 0.505. The van der Waals surface area contributed by atoms with Crippen LogP contribution in [0, 0.1) is 5.82 Å². The Kier molecular flexibility index (Phi) is 5.92. The molecular formula is C23H26ClFN5O2+. The molecule has 3 aromatic rings. The SMILES string of the molecule is COc1cc2ncnc(Nc3cccc(Cl)c3F)c2cc1C(C)[N+]1(C(N)=O)CCC[C@H]1C. The van der Waals surface area contributed by atoms with E-state index in [0.717, 1.165) is 18.4 Å². The fraction of sp³-hybridized carbons (Fsp3) is 0.348. The first-order valence-corrected chi connectivity index (χ1v) is 10.9. The number of primary amides is 1. The first-order valence-electron chi connectivity index (χ1n) is 10.5. The molecule has 2 unspecified atom stereocenters. The monoisotopic (exact) mass is 458 g/mol. The number of hydrogen-bond acceptors (Lipinski definition) is 5. The number of ether oxygens (including phenoxy) is 1. The Morgan fingerprint density at radius 3 is 2.81 bits per heavy atom. The van der Waals surface area contributed by atoms with E-state index in [4.69, 9.17) is 22.1 Å². The third-order valence-electron chi connectivity index (χ3n) is 6.68. The number of fused-ring (bicyclic) bond motifs is 1. The van der Waals surface area contributed by atoms with Crippen molar-refractivity contribution in [3.63, 3.8) is 0 Å². The molecule has 168 valence electrons. The molecule has 0 spiro atoms. The Labute approximate surface area is 190 Å². The minimum atomic E-state index is -0.563. The number of nitrogens with one attached hydrogen (secondary N) is 1. The second-order valence-corrected chi connectivity index (χ2v) is 8.63. The number of anilines is 2. The third kappa shape index (κ3) is 3.53. The molecule has 0 bridgehead atoms. The number of quaternary nitrogens is 1. The summed E-state index contributed by atoms with van der Waals surface area (Å²) in [6, 6.07) is 7.92. The Balaban J connectivity index is 1.86. The highest BCUT2D eigenvalue weighted by molar-refractivity contribution is 6.31. The number of nitrogens with zero attached hydrogens (tertiary/aromatic N) is 3. The van der Waals surface area contributed by atoms with Gasteiger partial charge < -0.3 is 15.8 Å². The molecule has 2 heterocycles. The molecule has 1 aliphatic heterocycles. The summed E-state index contributed by atoms with van der Waals surface area (Å²) in [6.07, 6.45) is 3.25. The van der Waals surface area contributed by atoms with Crippen LogP contribution in [0.3, 0.4) is 0 Å². The van der Waals surface area contributed by atoms with Gasteiger partial charge >= 0.3 is 6.03 Å². The van der Waals surface area contributed by atoms with E-state index in [9.17, 15) is 9.18 Å². The number of benzene rings is 2. The zero-order valence-electron chi connectivity index (χ0n) is 18.2. The number of nitrogens with two attached hydrogens (primary N) is 1. The number of carbonyl (C=O) groups excluding carboxylic acids is 1. The number of aromatic nitrogens is 2. The molecule has 9 heteroatoms. The molecule has 32 heavy (non-hydrogen) atoms. The van der Waals surface area contributed by atoms with Crippen molar-refractivity contribution in [3.8, 4) is 5.75 Å². The lowest BCUT2D eigenvalue weighted by molar-refractivity contribution is -0.888. The smallest absolute Gasteiger partial charge is 0.414 e. The van der Waals surface area contributed by atoms with Gasteiger partial charge in [0.2, 0.25) is 0 Å². The number of hydrogen-bond donors (Lipinski definition) is 2. The van der Waals surface area contributed by atoms with Crippen LogP contribution in [-0.4, -0.2) is 40.2 Å². The van der Waals surface area contributed by atoms with Crippen LogP contribution in [-0.2, 0) is 0 Å². The van der Waals surface area contributed by atoms with Gasteiger partial charge in [-0.1, -0.05) is 17.7 Å². The summed E-state index contributed by atoms with van der Waals surface area (Å²) < 4.78 is 20.3. The average molecular weight is 459 g/mol. The van der Waals surface area contributed by atoms with Gasteiger partial charge in [0, 0.05) is 24.3 Å². The van der Waals surface area contributed by atoms with Crippen LogP contribution >= 0.6 is 11.6 Å². The summed E-state index contributed by atoms with van der Waals surface area (Å²) in [5.41, 5.74) is 7.57. The number of halogens is 2. The van der Waals surface area contributed by atoms with Crippen molar-refractivity contribution >= 4 is 40.0 Å². The molecule has 1 saturated heterocycles. The van der Waals surface area contributed by atoms with Gasteiger partial charge in [-0.2, -0.15) is 0 Å².